The van der Waals surface area contributed by atoms with Gasteiger partial charge >= 0.3 is 0 Å². The highest BCUT2D eigenvalue weighted by Crippen LogP contribution is 2.33. The molecule has 0 saturated heterocycles. The average molecular weight is 490 g/mol. The van der Waals surface area contributed by atoms with Crippen LogP contribution < -0.4 is 0 Å². The maximum absolute atomic E-state index is 13.5. The molecule has 0 unspecified atom stereocenters. The number of pyridine rings is 1. The van der Waals surface area contributed by atoms with Gasteiger partial charge in [-0.05, 0) is 37.3 Å². The third-order valence-corrected chi connectivity index (χ3v) is 7.43. The third kappa shape index (κ3) is 4.22. The Morgan fingerprint density at radius 2 is 2.09 bits per heavy atom. The number of aryl methyl sites for hydroxylation is 1. The summed E-state index contributed by atoms with van der Waals surface area (Å²) in [5.41, 5.74) is 7.27. The van der Waals surface area contributed by atoms with E-state index in [1.807, 2.05) is 39.7 Å². The van der Waals surface area contributed by atoms with Crippen molar-refractivity contribution in [1.29, 1.82) is 0 Å². The monoisotopic (exact) mass is 489 g/mol. The molecule has 0 aromatic carbocycles. The van der Waals surface area contributed by atoms with Crippen LogP contribution in [0, 0.1) is 12.8 Å². The van der Waals surface area contributed by atoms with Crippen LogP contribution in [0.2, 0.25) is 0 Å². The molecule has 2 amide bonds. The van der Waals surface area contributed by atoms with Gasteiger partial charge in [0.2, 0.25) is 0 Å². The number of amides is 2. The molecule has 0 bridgehead atoms. The van der Waals surface area contributed by atoms with Crippen LogP contribution in [-0.4, -0.2) is 59.4 Å². The number of hydrogen-bond acceptors (Lipinski definition) is 6. The summed E-state index contributed by atoms with van der Waals surface area (Å²) in [6.07, 6.45) is 6.84. The van der Waals surface area contributed by atoms with E-state index in [2.05, 4.69) is 9.97 Å². The predicted molar refractivity (Wildman–Crippen MR) is 131 cm³/mol. The maximum Gasteiger partial charge on any atom is 0.274 e. The lowest BCUT2D eigenvalue weighted by atomic mass is 10.0. The molecule has 4 aromatic rings. The van der Waals surface area contributed by atoms with Gasteiger partial charge in [0.25, 0.3) is 11.8 Å². The molecule has 0 radical (unpaired) electrons. The molecule has 6 rings (SSSR count). The minimum Gasteiger partial charge on any atom is -0.334 e. The van der Waals surface area contributed by atoms with Crippen molar-refractivity contribution >= 4 is 28.8 Å². The fourth-order valence-electron chi connectivity index (χ4n) is 4.71. The highest BCUT2D eigenvalue weighted by molar-refractivity contribution is 7.07. The van der Waals surface area contributed by atoms with E-state index in [4.69, 9.17) is 5.10 Å². The molecule has 180 valence electrons. The second-order valence-corrected chi connectivity index (χ2v) is 10.3. The zero-order chi connectivity index (χ0) is 24.1. The third-order valence-electron chi connectivity index (χ3n) is 6.80. The number of carbonyl (C=O) groups excluding carboxylic acids is 2. The Balaban J connectivity index is 1.29. The largest absolute Gasteiger partial charge is 0.334 e. The van der Waals surface area contributed by atoms with E-state index in [9.17, 15) is 9.59 Å². The molecule has 0 N–H and O–H groups in total. The molecule has 1 aliphatic carbocycles. The first-order valence-electron chi connectivity index (χ1n) is 11.9. The van der Waals surface area contributed by atoms with Gasteiger partial charge in [-0.3, -0.25) is 14.3 Å². The molecule has 0 atom stereocenters. The minimum atomic E-state index is -0.138. The minimum absolute atomic E-state index is 0.124. The van der Waals surface area contributed by atoms with Crippen LogP contribution in [-0.2, 0) is 26.1 Å². The SMILES string of the molecule is Cc1ccc2nc(C(=O)N3CCc4c(c(C(=O)N(C)Cc5cscn5)nn4CC4CC4)C3)cn2c1. The number of carbonyl (C=O) groups is 2. The predicted octanol–water partition coefficient (Wildman–Crippen LogP) is 3.18. The highest BCUT2D eigenvalue weighted by atomic mass is 32.1. The van der Waals surface area contributed by atoms with E-state index in [1.54, 1.807) is 28.6 Å². The number of aromatic nitrogens is 5. The average Bonchev–Trinajstić information content (AvgIpc) is 3.21. The van der Waals surface area contributed by atoms with E-state index >= 15 is 0 Å². The molecule has 1 fully saturated rings. The molecule has 4 aromatic heterocycles. The number of fused-ring (bicyclic) bond motifs is 2. The fourth-order valence-corrected chi connectivity index (χ4v) is 5.26. The quantitative estimate of drug-likeness (QED) is 0.415. The van der Waals surface area contributed by atoms with Gasteiger partial charge in [0.1, 0.15) is 11.3 Å². The second-order valence-electron chi connectivity index (χ2n) is 9.62. The van der Waals surface area contributed by atoms with Crippen molar-refractivity contribution in [3.8, 4) is 0 Å². The molecule has 35 heavy (non-hydrogen) atoms. The van der Waals surface area contributed by atoms with Gasteiger partial charge in [-0.2, -0.15) is 5.10 Å². The summed E-state index contributed by atoms with van der Waals surface area (Å²) in [5.74, 6) is 0.373. The number of imidazole rings is 1. The van der Waals surface area contributed by atoms with Crippen molar-refractivity contribution in [3.05, 3.63) is 69.3 Å². The summed E-state index contributed by atoms with van der Waals surface area (Å²) in [4.78, 5) is 39.1. The molecular weight excluding hydrogens is 462 g/mol. The molecule has 9 nitrogen and oxygen atoms in total. The topological polar surface area (TPSA) is 88.6 Å². The van der Waals surface area contributed by atoms with Crippen molar-refractivity contribution in [2.75, 3.05) is 13.6 Å². The van der Waals surface area contributed by atoms with E-state index in [-0.39, 0.29) is 11.8 Å². The van der Waals surface area contributed by atoms with Crippen molar-refractivity contribution in [3.63, 3.8) is 0 Å². The van der Waals surface area contributed by atoms with Crippen LogP contribution in [0.4, 0.5) is 0 Å². The molecule has 5 heterocycles. The van der Waals surface area contributed by atoms with Gasteiger partial charge in [-0.25, -0.2) is 9.97 Å². The zero-order valence-corrected chi connectivity index (χ0v) is 20.7. The lowest BCUT2D eigenvalue weighted by Crippen LogP contribution is -2.37. The Kier molecular flexibility index (Phi) is 5.40. The Labute approximate surface area is 207 Å². The first-order valence-corrected chi connectivity index (χ1v) is 12.9. The number of hydrogen-bond donors (Lipinski definition) is 0. The number of rotatable bonds is 6. The van der Waals surface area contributed by atoms with Crippen molar-refractivity contribution < 1.29 is 9.59 Å². The van der Waals surface area contributed by atoms with Gasteiger partial charge in [0.15, 0.2) is 5.69 Å². The van der Waals surface area contributed by atoms with Gasteiger partial charge < -0.3 is 14.2 Å². The van der Waals surface area contributed by atoms with Crippen LogP contribution in [0.25, 0.3) is 5.65 Å². The van der Waals surface area contributed by atoms with Crippen molar-refractivity contribution in [2.24, 2.45) is 5.92 Å². The molecule has 1 aliphatic heterocycles. The van der Waals surface area contributed by atoms with E-state index in [0.29, 0.717) is 43.4 Å². The summed E-state index contributed by atoms with van der Waals surface area (Å²) < 4.78 is 3.90. The van der Waals surface area contributed by atoms with E-state index in [0.717, 1.165) is 34.7 Å². The summed E-state index contributed by atoms with van der Waals surface area (Å²) in [6, 6.07) is 3.90. The lowest BCUT2D eigenvalue weighted by molar-refractivity contribution is 0.0716. The number of nitrogens with zero attached hydrogens (tertiary/aromatic N) is 7. The summed E-state index contributed by atoms with van der Waals surface area (Å²) in [7, 11) is 1.78. The van der Waals surface area contributed by atoms with Gasteiger partial charge in [0, 0.05) is 55.6 Å². The summed E-state index contributed by atoms with van der Waals surface area (Å²) in [6.45, 7) is 4.21. The first kappa shape index (κ1) is 22.0. The fraction of sp³-hybridized carbons (Fsp3) is 0.400. The highest BCUT2D eigenvalue weighted by Gasteiger charge is 2.34. The summed E-state index contributed by atoms with van der Waals surface area (Å²) >= 11 is 1.51. The molecule has 1 saturated carbocycles. The normalized spacial score (nSPS) is 15.4. The lowest BCUT2D eigenvalue weighted by Gasteiger charge is -2.27. The van der Waals surface area contributed by atoms with E-state index < -0.39 is 0 Å². The van der Waals surface area contributed by atoms with Gasteiger partial charge in [-0.1, -0.05) is 6.07 Å². The van der Waals surface area contributed by atoms with Crippen LogP contribution in [0.15, 0.2) is 35.4 Å². The Morgan fingerprint density at radius 1 is 1.23 bits per heavy atom. The van der Waals surface area contributed by atoms with Crippen LogP contribution in [0.1, 0.15) is 56.3 Å². The van der Waals surface area contributed by atoms with Crippen molar-refractivity contribution in [2.45, 2.75) is 45.8 Å². The molecular formula is C25H27N7O2S. The second kappa shape index (κ2) is 8.60. The number of thiazole rings is 1. The molecule has 0 spiro atoms. The summed E-state index contributed by atoms with van der Waals surface area (Å²) in [5, 5.41) is 6.73. The Bertz CT molecular complexity index is 1420. The van der Waals surface area contributed by atoms with Crippen LogP contribution in [0.5, 0.6) is 0 Å². The van der Waals surface area contributed by atoms with Crippen molar-refractivity contribution in [1.82, 2.24) is 33.9 Å². The Morgan fingerprint density at radius 3 is 2.86 bits per heavy atom. The standard InChI is InChI=1S/C25H27N7O2S/c1-16-3-6-22-27-20(13-31(22)9-16)24(33)30-8-7-21-19(12-30)23(28-32(21)10-17-4-5-17)25(34)29(2)11-18-14-35-15-26-18/h3,6,9,13-15,17H,4-5,7-8,10-12H2,1-2H3. The van der Waals surface area contributed by atoms with Crippen LogP contribution >= 0.6 is 11.3 Å². The molecule has 10 heteroatoms. The van der Waals surface area contributed by atoms with Gasteiger partial charge in [-0.15, -0.1) is 11.3 Å². The zero-order valence-electron chi connectivity index (χ0n) is 19.8. The van der Waals surface area contributed by atoms with Gasteiger partial charge in [0.05, 0.1) is 24.3 Å². The maximum atomic E-state index is 13.5. The Hall–Kier alpha value is -3.53. The molecule has 2 aliphatic rings. The van der Waals surface area contributed by atoms with E-state index in [1.165, 1.54) is 24.2 Å². The van der Waals surface area contributed by atoms with Crippen LogP contribution in [0.3, 0.4) is 0 Å². The smallest absolute Gasteiger partial charge is 0.274 e. The first-order chi connectivity index (χ1) is 17.0.